The van der Waals surface area contributed by atoms with Crippen LogP contribution in [0.25, 0.3) is 0 Å². The third-order valence-electron chi connectivity index (χ3n) is 6.35. The summed E-state index contributed by atoms with van der Waals surface area (Å²) in [6, 6.07) is 16.9. The molecule has 1 aliphatic heterocycles. The fourth-order valence-electron chi connectivity index (χ4n) is 4.22. The zero-order chi connectivity index (χ0) is 28.0. The summed E-state index contributed by atoms with van der Waals surface area (Å²) in [5.74, 6) is 0.275. The average Bonchev–Trinajstić information content (AvgIpc) is 2.93. The smallest absolute Gasteiger partial charge is 0.262 e. The van der Waals surface area contributed by atoms with Crippen molar-refractivity contribution in [2.24, 2.45) is 0 Å². The van der Waals surface area contributed by atoms with E-state index in [9.17, 15) is 21.6 Å². The number of nitrogens with one attached hydrogen (secondary N) is 2. The molecule has 208 valence electrons. The molecule has 0 aromatic heterocycles. The first-order valence-corrected chi connectivity index (χ1v) is 15.4. The van der Waals surface area contributed by atoms with Crippen molar-refractivity contribution in [1.82, 2.24) is 4.31 Å². The number of anilines is 2. The highest BCUT2D eigenvalue weighted by Gasteiger charge is 2.24. The van der Waals surface area contributed by atoms with Gasteiger partial charge in [-0.15, -0.1) is 0 Å². The molecule has 12 heteroatoms. The summed E-state index contributed by atoms with van der Waals surface area (Å²) >= 11 is 0. The lowest BCUT2D eigenvalue weighted by Crippen LogP contribution is -2.36. The Labute approximate surface area is 229 Å². The fraction of sp³-hybridized carbons (Fsp3) is 0.296. The predicted octanol–water partition coefficient (Wildman–Crippen LogP) is 4.07. The first-order valence-electron chi connectivity index (χ1n) is 12.3. The van der Waals surface area contributed by atoms with Crippen molar-refractivity contribution in [3.05, 3.63) is 77.9 Å². The van der Waals surface area contributed by atoms with Crippen LogP contribution in [0.15, 0.2) is 71.6 Å². The Balaban J connectivity index is 1.39. The molecule has 39 heavy (non-hydrogen) atoms. The molecule has 0 bridgehead atoms. The van der Waals surface area contributed by atoms with Crippen LogP contribution >= 0.6 is 0 Å². The molecule has 2 N–H and O–H groups in total. The number of methoxy groups -OCH3 is 2. The number of rotatable bonds is 10. The molecule has 1 aliphatic rings. The molecular formula is C27H31N3O7S2. The monoisotopic (exact) mass is 573 g/mol. The van der Waals surface area contributed by atoms with E-state index < -0.39 is 26.0 Å². The molecule has 0 spiro atoms. The summed E-state index contributed by atoms with van der Waals surface area (Å²) in [7, 11) is -4.44. The second-order valence-electron chi connectivity index (χ2n) is 9.06. The van der Waals surface area contributed by atoms with Crippen LogP contribution in [0.1, 0.15) is 35.2 Å². The van der Waals surface area contributed by atoms with Crippen LogP contribution in [0, 0.1) is 0 Å². The van der Waals surface area contributed by atoms with E-state index in [1.165, 1.54) is 48.9 Å². The van der Waals surface area contributed by atoms with Gasteiger partial charge in [-0.25, -0.2) is 21.1 Å². The summed E-state index contributed by atoms with van der Waals surface area (Å²) < 4.78 is 65.6. The van der Waals surface area contributed by atoms with E-state index in [1.807, 2.05) is 0 Å². The fourth-order valence-corrected chi connectivity index (χ4v) is 6.89. The minimum Gasteiger partial charge on any atom is -0.497 e. The van der Waals surface area contributed by atoms with E-state index in [2.05, 4.69) is 10.0 Å². The molecule has 0 saturated carbocycles. The Kier molecular flexibility index (Phi) is 8.78. The van der Waals surface area contributed by atoms with Gasteiger partial charge in [-0.1, -0.05) is 18.6 Å². The van der Waals surface area contributed by atoms with Crippen LogP contribution in [0.4, 0.5) is 11.4 Å². The maximum absolute atomic E-state index is 12.9. The van der Waals surface area contributed by atoms with Crippen LogP contribution < -0.4 is 19.5 Å². The van der Waals surface area contributed by atoms with Crippen LogP contribution in [0.5, 0.6) is 11.5 Å². The van der Waals surface area contributed by atoms with Gasteiger partial charge in [-0.3, -0.25) is 9.52 Å². The van der Waals surface area contributed by atoms with Gasteiger partial charge in [0.2, 0.25) is 10.0 Å². The Morgan fingerprint density at radius 1 is 0.846 bits per heavy atom. The number of benzene rings is 3. The third-order valence-corrected chi connectivity index (χ3v) is 9.58. The van der Waals surface area contributed by atoms with E-state index in [0.29, 0.717) is 41.4 Å². The molecule has 0 atom stereocenters. The summed E-state index contributed by atoms with van der Waals surface area (Å²) in [4.78, 5) is 12.7. The number of nitrogens with zero attached hydrogens (tertiary/aromatic N) is 1. The minimum absolute atomic E-state index is 0.00959. The number of piperidine rings is 1. The number of hydrogen-bond donors (Lipinski definition) is 2. The first-order chi connectivity index (χ1) is 18.6. The second kappa shape index (κ2) is 12.1. The molecule has 10 nitrogen and oxygen atoms in total. The molecular weight excluding hydrogens is 542 g/mol. The Morgan fingerprint density at radius 3 is 2.13 bits per heavy atom. The quantitative estimate of drug-likeness (QED) is 0.374. The number of ether oxygens (including phenoxy) is 2. The number of amides is 1. The molecule has 0 unspecified atom stereocenters. The number of sulfonamides is 2. The highest BCUT2D eigenvalue weighted by molar-refractivity contribution is 7.92. The molecule has 1 amide bonds. The maximum Gasteiger partial charge on any atom is 0.262 e. The minimum atomic E-state index is -3.95. The molecule has 3 aromatic rings. The van der Waals surface area contributed by atoms with Gasteiger partial charge < -0.3 is 14.8 Å². The molecule has 4 rings (SSSR count). The Hall–Kier alpha value is -3.61. The molecule has 0 radical (unpaired) electrons. The van der Waals surface area contributed by atoms with Gasteiger partial charge >= 0.3 is 0 Å². The van der Waals surface area contributed by atoms with Crippen molar-refractivity contribution < 1.29 is 31.1 Å². The largest absolute Gasteiger partial charge is 0.497 e. The van der Waals surface area contributed by atoms with Crippen LogP contribution in [-0.4, -0.2) is 54.4 Å². The summed E-state index contributed by atoms with van der Waals surface area (Å²) in [6.07, 6.45) is 2.79. The Morgan fingerprint density at radius 2 is 1.51 bits per heavy atom. The lowest BCUT2D eigenvalue weighted by Gasteiger charge is -2.25. The van der Waals surface area contributed by atoms with Crippen molar-refractivity contribution in [3.63, 3.8) is 0 Å². The van der Waals surface area contributed by atoms with Gasteiger partial charge in [0.05, 0.1) is 30.6 Å². The van der Waals surface area contributed by atoms with E-state index in [4.69, 9.17) is 9.47 Å². The molecule has 1 fully saturated rings. The molecule has 1 saturated heterocycles. The Bertz CT molecular complexity index is 1520. The van der Waals surface area contributed by atoms with E-state index in [1.54, 1.807) is 36.4 Å². The summed E-state index contributed by atoms with van der Waals surface area (Å²) in [5, 5.41) is 2.72. The summed E-state index contributed by atoms with van der Waals surface area (Å²) in [5.41, 5.74) is 1.57. The van der Waals surface area contributed by atoms with Crippen molar-refractivity contribution >= 4 is 37.3 Å². The van der Waals surface area contributed by atoms with Gasteiger partial charge in [0.15, 0.2) is 0 Å². The van der Waals surface area contributed by atoms with E-state index in [-0.39, 0.29) is 16.3 Å². The first kappa shape index (κ1) is 28.4. The standard InChI is InChI=1S/C27H31N3O7S2/c1-36-23-12-15-26(37-2)25(18-23)29-39(34,35)24-13-10-22(11-14-24)28-27(31)21-8-6-20(7-9-21)19-38(32,33)30-16-4-3-5-17-30/h6-15,18,29H,3-5,16-17,19H2,1-2H3,(H,28,31). The van der Waals surface area contributed by atoms with Gasteiger partial charge in [-0.2, -0.15) is 0 Å². The SMILES string of the molecule is COc1ccc(OC)c(NS(=O)(=O)c2ccc(NC(=O)c3ccc(CS(=O)(=O)N4CCCCC4)cc3)cc2)c1. The van der Waals surface area contributed by atoms with E-state index in [0.717, 1.165) is 19.3 Å². The highest BCUT2D eigenvalue weighted by Crippen LogP contribution is 2.31. The van der Waals surface area contributed by atoms with Crippen LogP contribution in [0.3, 0.4) is 0 Å². The zero-order valence-corrected chi connectivity index (χ0v) is 23.3. The number of carbonyl (C=O) groups excluding carboxylic acids is 1. The molecule has 0 aliphatic carbocycles. The number of carbonyl (C=O) groups is 1. The van der Waals surface area contributed by atoms with E-state index >= 15 is 0 Å². The predicted molar refractivity (Wildman–Crippen MR) is 149 cm³/mol. The van der Waals surface area contributed by atoms with Crippen LogP contribution in [-0.2, 0) is 25.8 Å². The topological polar surface area (TPSA) is 131 Å². The normalized spacial score (nSPS) is 14.4. The van der Waals surface area contributed by atoms with Crippen LogP contribution in [0.2, 0.25) is 0 Å². The molecule has 1 heterocycles. The van der Waals surface area contributed by atoms with Gasteiger partial charge in [0, 0.05) is 30.4 Å². The van der Waals surface area contributed by atoms with Gasteiger partial charge in [0.1, 0.15) is 11.5 Å². The van der Waals surface area contributed by atoms with Crippen molar-refractivity contribution in [2.75, 3.05) is 37.3 Å². The van der Waals surface area contributed by atoms with Gasteiger partial charge in [-0.05, 0) is 66.9 Å². The maximum atomic E-state index is 12.9. The van der Waals surface area contributed by atoms with Crippen molar-refractivity contribution in [3.8, 4) is 11.5 Å². The second-order valence-corrected chi connectivity index (χ2v) is 12.7. The lowest BCUT2D eigenvalue weighted by atomic mass is 10.1. The average molecular weight is 574 g/mol. The van der Waals surface area contributed by atoms with Gasteiger partial charge in [0.25, 0.3) is 15.9 Å². The lowest BCUT2D eigenvalue weighted by molar-refractivity contribution is 0.102. The third kappa shape index (κ3) is 7.08. The summed E-state index contributed by atoms with van der Waals surface area (Å²) in [6.45, 7) is 1.10. The number of hydrogen-bond acceptors (Lipinski definition) is 7. The van der Waals surface area contributed by atoms with Crippen molar-refractivity contribution in [2.45, 2.75) is 29.9 Å². The van der Waals surface area contributed by atoms with Crippen molar-refractivity contribution in [1.29, 1.82) is 0 Å². The molecule has 3 aromatic carbocycles. The zero-order valence-electron chi connectivity index (χ0n) is 21.7. The highest BCUT2D eigenvalue weighted by atomic mass is 32.2.